The number of amides is 1. The zero-order chi connectivity index (χ0) is 18.8. The molecule has 140 valence electrons. The maximum atomic E-state index is 14.1. The molecule has 2 heterocycles. The Balaban J connectivity index is 1.48. The summed E-state index contributed by atoms with van der Waals surface area (Å²) in [5.41, 5.74) is 1.78. The number of oxazole rings is 1. The molecule has 1 saturated heterocycles. The maximum absolute atomic E-state index is 14.1. The predicted octanol–water partition coefficient (Wildman–Crippen LogP) is 3.44. The van der Waals surface area contributed by atoms with Crippen molar-refractivity contribution in [1.82, 2.24) is 9.47 Å². The van der Waals surface area contributed by atoms with Crippen molar-refractivity contribution in [3.8, 4) is 0 Å². The molecule has 0 spiro atoms. The SMILES string of the molecule is O=C(Cn1c(=O)oc2ccccc21)N1CCS[C@@H](c2ccccc2F)CC1. The summed E-state index contributed by atoms with van der Waals surface area (Å²) in [4.78, 5) is 26.6. The molecule has 1 amide bonds. The first kappa shape index (κ1) is 17.9. The highest BCUT2D eigenvalue weighted by Crippen LogP contribution is 2.35. The van der Waals surface area contributed by atoms with Crippen molar-refractivity contribution in [2.75, 3.05) is 18.8 Å². The van der Waals surface area contributed by atoms with E-state index in [0.29, 0.717) is 36.2 Å². The van der Waals surface area contributed by atoms with Crippen molar-refractivity contribution < 1.29 is 13.6 Å². The van der Waals surface area contributed by atoms with Crippen LogP contribution >= 0.6 is 11.8 Å². The number of carbonyl (C=O) groups is 1. The number of para-hydroxylation sites is 2. The number of fused-ring (bicyclic) bond motifs is 1. The number of hydrogen-bond acceptors (Lipinski definition) is 4. The minimum Gasteiger partial charge on any atom is -0.408 e. The van der Waals surface area contributed by atoms with Crippen LogP contribution in [-0.4, -0.2) is 34.2 Å². The summed E-state index contributed by atoms with van der Waals surface area (Å²) in [5.74, 6) is -0.131. The van der Waals surface area contributed by atoms with Crippen LogP contribution in [0.4, 0.5) is 4.39 Å². The Morgan fingerprint density at radius 2 is 1.93 bits per heavy atom. The number of rotatable bonds is 3. The molecule has 0 saturated carbocycles. The molecule has 1 atom stereocenters. The van der Waals surface area contributed by atoms with Crippen LogP contribution in [0.25, 0.3) is 11.1 Å². The highest BCUT2D eigenvalue weighted by Gasteiger charge is 2.24. The summed E-state index contributed by atoms with van der Waals surface area (Å²) in [6.45, 7) is 1.07. The molecule has 4 rings (SSSR count). The molecule has 0 aliphatic carbocycles. The molecular formula is C20H19FN2O3S. The van der Waals surface area contributed by atoms with Gasteiger partial charge in [0.25, 0.3) is 0 Å². The lowest BCUT2D eigenvalue weighted by atomic mass is 10.1. The smallest absolute Gasteiger partial charge is 0.408 e. The minimum atomic E-state index is -0.530. The summed E-state index contributed by atoms with van der Waals surface area (Å²) in [6, 6.07) is 13.9. The monoisotopic (exact) mass is 386 g/mol. The van der Waals surface area contributed by atoms with Gasteiger partial charge in [0.15, 0.2) is 5.58 Å². The number of benzene rings is 2. The van der Waals surface area contributed by atoms with Crippen molar-refractivity contribution in [2.45, 2.75) is 18.2 Å². The summed E-state index contributed by atoms with van der Waals surface area (Å²) < 4.78 is 20.6. The number of halogens is 1. The Morgan fingerprint density at radius 3 is 2.78 bits per heavy atom. The van der Waals surface area contributed by atoms with E-state index in [1.807, 2.05) is 12.1 Å². The van der Waals surface area contributed by atoms with Gasteiger partial charge in [-0.1, -0.05) is 30.3 Å². The second kappa shape index (κ2) is 7.60. The Hall–Kier alpha value is -2.54. The summed E-state index contributed by atoms with van der Waals surface area (Å²) in [5, 5.41) is 0.0291. The van der Waals surface area contributed by atoms with E-state index in [1.165, 1.54) is 10.6 Å². The molecule has 3 aromatic rings. The van der Waals surface area contributed by atoms with Gasteiger partial charge in [0, 0.05) is 29.7 Å². The quantitative estimate of drug-likeness (QED) is 0.692. The molecule has 7 heteroatoms. The second-order valence-electron chi connectivity index (χ2n) is 6.47. The number of thioether (sulfide) groups is 1. The fraction of sp³-hybridized carbons (Fsp3) is 0.300. The van der Waals surface area contributed by atoms with E-state index in [0.717, 1.165) is 5.75 Å². The molecule has 5 nitrogen and oxygen atoms in total. The Kier molecular flexibility index (Phi) is 5.03. The van der Waals surface area contributed by atoms with Gasteiger partial charge < -0.3 is 9.32 Å². The zero-order valence-electron chi connectivity index (χ0n) is 14.6. The van der Waals surface area contributed by atoms with E-state index >= 15 is 0 Å². The Morgan fingerprint density at radius 1 is 1.15 bits per heavy atom. The molecule has 0 bridgehead atoms. The molecule has 0 N–H and O–H groups in total. The van der Waals surface area contributed by atoms with Crippen LogP contribution in [0.2, 0.25) is 0 Å². The van der Waals surface area contributed by atoms with E-state index in [-0.39, 0.29) is 23.5 Å². The minimum absolute atomic E-state index is 0.0291. The molecule has 2 aromatic carbocycles. The fourth-order valence-corrected chi connectivity index (χ4v) is 4.66. The third-order valence-corrected chi connectivity index (χ3v) is 6.12. The topological polar surface area (TPSA) is 55.5 Å². The van der Waals surface area contributed by atoms with Crippen molar-refractivity contribution >= 4 is 28.8 Å². The number of aromatic nitrogens is 1. The van der Waals surface area contributed by atoms with E-state index in [4.69, 9.17) is 4.42 Å². The molecule has 1 fully saturated rings. The lowest BCUT2D eigenvalue weighted by Crippen LogP contribution is -2.37. The van der Waals surface area contributed by atoms with Gasteiger partial charge in [-0.05, 0) is 24.6 Å². The van der Waals surface area contributed by atoms with Crippen molar-refractivity contribution in [2.24, 2.45) is 0 Å². The van der Waals surface area contributed by atoms with Crippen molar-refractivity contribution in [3.05, 3.63) is 70.5 Å². The van der Waals surface area contributed by atoms with Gasteiger partial charge in [0.05, 0.1) is 5.52 Å². The van der Waals surface area contributed by atoms with Crippen LogP contribution in [0.1, 0.15) is 17.2 Å². The third kappa shape index (κ3) is 3.64. The van der Waals surface area contributed by atoms with Crippen LogP contribution in [-0.2, 0) is 11.3 Å². The van der Waals surface area contributed by atoms with Gasteiger partial charge in [0.1, 0.15) is 12.4 Å². The highest BCUT2D eigenvalue weighted by atomic mass is 32.2. The van der Waals surface area contributed by atoms with Gasteiger partial charge in [-0.15, -0.1) is 0 Å². The molecule has 1 aromatic heterocycles. The molecule has 1 aliphatic heterocycles. The van der Waals surface area contributed by atoms with Crippen molar-refractivity contribution in [3.63, 3.8) is 0 Å². The van der Waals surface area contributed by atoms with Crippen LogP contribution in [0.3, 0.4) is 0 Å². The van der Waals surface area contributed by atoms with Crippen LogP contribution in [0.5, 0.6) is 0 Å². The third-order valence-electron chi connectivity index (χ3n) is 4.81. The number of hydrogen-bond donors (Lipinski definition) is 0. The van der Waals surface area contributed by atoms with Gasteiger partial charge in [-0.25, -0.2) is 9.18 Å². The summed E-state index contributed by atoms with van der Waals surface area (Å²) in [6.07, 6.45) is 0.679. The standard InChI is InChI=1S/C20H19FN2O3S/c21-15-6-2-1-5-14(15)18-9-10-22(11-12-27-18)19(24)13-23-16-7-3-4-8-17(16)26-20(23)25/h1-8,18H,9-13H2/t18-/m1/s1. The van der Waals surface area contributed by atoms with E-state index in [2.05, 4.69) is 0 Å². The summed E-state index contributed by atoms with van der Waals surface area (Å²) >= 11 is 1.67. The normalized spacial score (nSPS) is 17.8. The molecule has 27 heavy (non-hydrogen) atoms. The van der Waals surface area contributed by atoms with Crippen LogP contribution in [0, 0.1) is 5.82 Å². The second-order valence-corrected chi connectivity index (χ2v) is 7.78. The first-order valence-corrected chi connectivity index (χ1v) is 9.90. The average Bonchev–Trinajstić information content (AvgIpc) is 2.84. The lowest BCUT2D eigenvalue weighted by Gasteiger charge is -2.20. The number of carbonyl (C=O) groups excluding carboxylic acids is 1. The Labute approximate surface area is 159 Å². The van der Waals surface area contributed by atoms with Gasteiger partial charge >= 0.3 is 5.76 Å². The maximum Gasteiger partial charge on any atom is 0.420 e. The van der Waals surface area contributed by atoms with Crippen molar-refractivity contribution in [1.29, 1.82) is 0 Å². The number of nitrogens with zero attached hydrogens (tertiary/aromatic N) is 2. The largest absolute Gasteiger partial charge is 0.420 e. The fourth-order valence-electron chi connectivity index (χ4n) is 3.40. The van der Waals surface area contributed by atoms with Gasteiger partial charge in [0.2, 0.25) is 5.91 Å². The van der Waals surface area contributed by atoms with Gasteiger partial charge in [-0.3, -0.25) is 9.36 Å². The zero-order valence-corrected chi connectivity index (χ0v) is 15.5. The molecular weight excluding hydrogens is 367 g/mol. The lowest BCUT2D eigenvalue weighted by molar-refractivity contribution is -0.131. The molecule has 0 unspecified atom stereocenters. The highest BCUT2D eigenvalue weighted by molar-refractivity contribution is 7.99. The Bertz CT molecular complexity index is 1030. The molecule has 0 radical (unpaired) electrons. The van der Waals surface area contributed by atoms with E-state index < -0.39 is 5.76 Å². The predicted molar refractivity (Wildman–Crippen MR) is 103 cm³/mol. The first-order valence-electron chi connectivity index (χ1n) is 8.85. The average molecular weight is 386 g/mol. The van der Waals surface area contributed by atoms with Gasteiger partial charge in [-0.2, -0.15) is 11.8 Å². The van der Waals surface area contributed by atoms with E-state index in [9.17, 15) is 14.0 Å². The van der Waals surface area contributed by atoms with Crippen LogP contribution in [0.15, 0.2) is 57.7 Å². The first-order chi connectivity index (χ1) is 13.1. The van der Waals surface area contributed by atoms with E-state index in [1.54, 1.807) is 47.0 Å². The summed E-state index contributed by atoms with van der Waals surface area (Å²) in [7, 11) is 0. The van der Waals surface area contributed by atoms with Crippen LogP contribution < -0.4 is 5.76 Å². The molecule has 1 aliphatic rings.